The molecule has 2 heterocycles. The second-order valence-corrected chi connectivity index (χ2v) is 4.26. The molecule has 0 spiro atoms. The van der Waals surface area contributed by atoms with Gasteiger partial charge in [0.05, 0.1) is 12.8 Å². The van der Waals surface area contributed by atoms with Crippen molar-refractivity contribution in [3.05, 3.63) is 48.4 Å². The van der Waals surface area contributed by atoms with E-state index in [1.54, 1.807) is 18.3 Å². The molecule has 6 nitrogen and oxygen atoms in total. The zero-order valence-electron chi connectivity index (χ0n) is 11.1. The molecule has 0 aliphatic carbocycles. The van der Waals surface area contributed by atoms with Gasteiger partial charge in [-0.25, -0.2) is 9.37 Å². The number of nitrogens with one attached hydrogen (secondary N) is 2. The standard InChI is InChI=1S/C14H11FN4O2/c1-21-8-6-9-11(2-3-16-12(9)10(15)7-8)19-14(20)13-17-4-5-18-13/h2-7H,1H3,(H,17,18)(H,16,19,20). The number of nitrogens with zero attached hydrogens (tertiary/aromatic N) is 2. The number of methoxy groups -OCH3 is 1. The van der Waals surface area contributed by atoms with E-state index >= 15 is 0 Å². The minimum Gasteiger partial charge on any atom is -0.497 e. The number of pyridine rings is 1. The van der Waals surface area contributed by atoms with Crippen LogP contribution in [0.5, 0.6) is 5.75 Å². The molecule has 21 heavy (non-hydrogen) atoms. The third kappa shape index (κ3) is 2.40. The summed E-state index contributed by atoms with van der Waals surface area (Å²) in [6, 6.07) is 4.44. The second kappa shape index (κ2) is 5.20. The Morgan fingerprint density at radius 3 is 2.90 bits per heavy atom. The first-order valence-electron chi connectivity index (χ1n) is 6.12. The van der Waals surface area contributed by atoms with E-state index in [0.29, 0.717) is 16.8 Å². The number of hydrogen-bond donors (Lipinski definition) is 2. The Hall–Kier alpha value is -2.96. The van der Waals surface area contributed by atoms with Crippen molar-refractivity contribution in [3.8, 4) is 5.75 Å². The molecule has 7 heteroatoms. The third-order valence-corrected chi connectivity index (χ3v) is 2.97. The molecule has 0 unspecified atom stereocenters. The number of aromatic nitrogens is 3. The van der Waals surface area contributed by atoms with Crippen molar-refractivity contribution in [2.24, 2.45) is 0 Å². The number of rotatable bonds is 3. The van der Waals surface area contributed by atoms with Gasteiger partial charge in [-0.2, -0.15) is 0 Å². The Labute approximate surface area is 119 Å². The molecule has 0 aliphatic rings. The van der Waals surface area contributed by atoms with Crippen molar-refractivity contribution in [1.29, 1.82) is 0 Å². The van der Waals surface area contributed by atoms with Crippen molar-refractivity contribution in [1.82, 2.24) is 15.0 Å². The number of aromatic amines is 1. The van der Waals surface area contributed by atoms with Crippen LogP contribution in [0.4, 0.5) is 10.1 Å². The van der Waals surface area contributed by atoms with E-state index in [-0.39, 0.29) is 11.3 Å². The highest BCUT2D eigenvalue weighted by Gasteiger charge is 2.13. The van der Waals surface area contributed by atoms with Gasteiger partial charge in [0.1, 0.15) is 11.3 Å². The monoisotopic (exact) mass is 286 g/mol. The summed E-state index contributed by atoms with van der Waals surface area (Å²) in [5.41, 5.74) is 0.590. The van der Waals surface area contributed by atoms with Crippen molar-refractivity contribution >= 4 is 22.5 Å². The van der Waals surface area contributed by atoms with Crippen LogP contribution in [0, 0.1) is 5.82 Å². The van der Waals surface area contributed by atoms with Gasteiger partial charge in [0.2, 0.25) is 0 Å². The van der Waals surface area contributed by atoms with Crippen molar-refractivity contribution in [2.45, 2.75) is 0 Å². The number of benzene rings is 1. The van der Waals surface area contributed by atoms with Gasteiger partial charge in [-0.05, 0) is 12.1 Å². The van der Waals surface area contributed by atoms with E-state index in [1.165, 1.54) is 25.6 Å². The molecule has 2 aromatic heterocycles. The number of anilines is 1. The summed E-state index contributed by atoms with van der Waals surface area (Å²) in [4.78, 5) is 22.6. The molecule has 0 radical (unpaired) electrons. The summed E-state index contributed by atoms with van der Waals surface area (Å²) in [6.45, 7) is 0. The van der Waals surface area contributed by atoms with Gasteiger partial charge in [-0.1, -0.05) is 0 Å². The Morgan fingerprint density at radius 2 is 2.19 bits per heavy atom. The lowest BCUT2D eigenvalue weighted by atomic mass is 10.1. The number of imidazole rings is 1. The fraction of sp³-hybridized carbons (Fsp3) is 0.0714. The smallest absolute Gasteiger partial charge is 0.291 e. The van der Waals surface area contributed by atoms with Gasteiger partial charge in [-0.15, -0.1) is 0 Å². The molecule has 0 atom stereocenters. The fourth-order valence-corrected chi connectivity index (χ4v) is 1.98. The van der Waals surface area contributed by atoms with Gasteiger partial charge in [0.15, 0.2) is 11.6 Å². The van der Waals surface area contributed by atoms with Crippen molar-refractivity contribution in [3.63, 3.8) is 0 Å². The predicted octanol–water partition coefficient (Wildman–Crippen LogP) is 2.36. The normalized spacial score (nSPS) is 10.6. The number of amides is 1. The highest BCUT2D eigenvalue weighted by atomic mass is 19.1. The topological polar surface area (TPSA) is 79.9 Å². The molecule has 0 saturated heterocycles. The van der Waals surface area contributed by atoms with Crippen molar-refractivity contribution in [2.75, 3.05) is 12.4 Å². The Morgan fingerprint density at radius 1 is 1.33 bits per heavy atom. The SMILES string of the molecule is COc1cc(F)c2nccc(NC(=O)c3ncc[nH]3)c2c1. The van der Waals surface area contributed by atoms with Crippen molar-refractivity contribution < 1.29 is 13.9 Å². The molecule has 2 N–H and O–H groups in total. The molecule has 3 rings (SSSR count). The summed E-state index contributed by atoms with van der Waals surface area (Å²) in [5, 5.41) is 3.12. The number of hydrogen-bond acceptors (Lipinski definition) is 4. The average molecular weight is 286 g/mol. The Kier molecular flexibility index (Phi) is 3.23. The quantitative estimate of drug-likeness (QED) is 0.774. The number of halogens is 1. The lowest BCUT2D eigenvalue weighted by molar-refractivity contribution is 0.101. The molecular formula is C14H11FN4O2. The van der Waals surface area contributed by atoms with Crippen LogP contribution in [-0.2, 0) is 0 Å². The predicted molar refractivity (Wildman–Crippen MR) is 74.8 cm³/mol. The molecule has 1 aromatic carbocycles. The first-order chi connectivity index (χ1) is 10.2. The molecule has 0 saturated carbocycles. The number of ether oxygens (including phenoxy) is 1. The Bertz CT molecular complexity index is 802. The van der Waals surface area contributed by atoms with E-state index in [0.717, 1.165) is 0 Å². The molecule has 3 aromatic rings. The van der Waals surface area contributed by atoms with Crippen LogP contribution in [0.3, 0.4) is 0 Å². The van der Waals surface area contributed by atoms with E-state index < -0.39 is 11.7 Å². The number of fused-ring (bicyclic) bond motifs is 1. The summed E-state index contributed by atoms with van der Waals surface area (Å²) < 4.78 is 19.0. The maximum absolute atomic E-state index is 14.0. The van der Waals surface area contributed by atoms with Gasteiger partial charge in [0.25, 0.3) is 5.91 Å². The fourth-order valence-electron chi connectivity index (χ4n) is 1.98. The van der Waals surface area contributed by atoms with Crippen LogP contribution < -0.4 is 10.1 Å². The summed E-state index contributed by atoms with van der Waals surface area (Å²) in [6.07, 6.45) is 4.44. The van der Waals surface area contributed by atoms with E-state index in [9.17, 15) is 9.18 Å². The highest BCUT2D eigenvalue weighted by Crippen LogP contribution is 2.28. The van der Waals surface area contributed by atoms with Gasteiger partial charge < -0.3 is 15.0 Å². The maximum atomic E-state index is 14.0. The van der Waals surface area contributed by atoms with Crippen LogP contribution in [0.25, 0.3) is 10.9 Å². The van der Waals surface area contributed by atoms with Crippen LogP contribution in [0.2, 0.25) is 0 Å². The number of carbonyl (C=O) groups excluding carboxylic acids is 1. The van der Waals surface area contributed by atoms with Gasteiger partial charge in [-0.3, -0.25) is 9.78 Å². The van der Waals surface area contributed by atoms with Crippen LogP contribution in [0.15, 0.2) is 36.8 Å². The number of carbonyl (C=O) groups is 1. The average Bonchev–Trinajstić information content (AvgIpc) is 3.02. The van der Waals surface area contributed by atoms with Crippen LogP contribution >= 0.6 is 0 Å². The third-order valence-electron chi connectivity index (χ3n) is 2.97. The van der Waals surface area contributed by atoms with Gasteiger partial charge >= 0.3 is 0 Å². The zero-order valence-corrected chi connectivity index (χ0v) is 11.1. The second-order valence-electron chi connectivity index (χ2n) is 4.26. The van der Waals surface area contributed by atoms with E-state index in [4.69, 9.17) is 4.74 Å². The summed E-state index contributed by atoms with van der Waals surface area (Å²) in [5.74, 6) is -0.418. The van der Waals surface area contributed by atoms with Crippen LogP contribution in [0.1, 0.15) is 10.6 Å². The lowest BCUT2D eigenvalue weighted by Gasteiger charge is -2.09. The van der Waals surface area contributed by atoms with Gasteiger partial charge in [0, 0.05) is 30.0 Å². The first kappa shape index (κ1) is 13.0. The largest absolute Gasteiger partial charge is 0.497 e. The Balaban J connectivity index is 2.06. The highest BCUT2D eigenvalue weighted by molar-refractivity contribution is 6.07. The molecule has 106 valence electrons. The van der Waals surface area contributed by atoms with Crippen LogP contribution in [-0.4, -0.2) is 28.0 Å². The lowest BCUT2D eigenvalue weighted by Crippen LogP contribution is -2.14. The molecule has 0 bridgehead atoms. The minimum absolute atomic E-state index is 0.160. The van der Waals surface area contributed by atoms with E-state index in [1.807, 2.05) is 0 Å². The molecular weight excluding hydrogens is 275 g/mol. The molecule has 0 fully saturated rings. The maximum Gasteiger partial charge on any atom is 0.291 e. The summed E-state index contributed by atoms with van der Waals surface area (Å²) >= 11 is 0. The molecule has 1 amide bonds. The minimum atomic E-state index is -0.515. The van der Waals surface area contributed by atoms with E-state index in [2.05, 4.69) is 20.3 Å². The molecule has 0 aliphatic heterocycles. The first-order valence-corrected chi connectivity index (χ1v) is 6.12. The number of H-pyrrole nitrogens is 1. The zero-order chi connectivity index (χ0) is 14.8. The summed E-state index contributed by atoms with van der Waals surface area (Å²) in [7, 11) is 1.44.